The number of halogens is 2. The Kier molecular flexibility index (Phi) is 3.86. The van der Waals surface area contributed by atoms with Gasteiger partial charge in [-0.1, -0.05) is 0 Å². The van der Waals surface area contributed by atoms with Crippen molar-refractivity contribution >= 4 is 51.1 Å². The van der Waals surface area contributed by atoms with Crippen molar-refractivity contribution in [3.63, 3.8) is 0 Å². The summed E-state index contributed by atoms with van der Waals surface area (Å²) in [6, 6.07) is 4.55. The van der Waals surface area contributed by atoms with Gasteiger partial charge in [0.2, 0.25) is 5.95 Å². The van der Waals surface area contributed by atoms with E-state index in [0.29, 0.717) is 24.0 Å². The van der Waals surface area contributed by atoms with Crippen molar-refractivity contribution in [1.82, 2.24) is 20.2 Å². The van der Waals surface area contributed by atoms with Crippen LogP contribution in [0.4, 0.5) is 21.8 Å². The van der Waals surface area contributed by atoms with Gasteiger partial charge < -0.3 is 10.6 Å². The Labute approximate surface area is 133 Å². The van der Waals surface area contributed by atoms with Gasteiger partial charge in [-0.25, -0.2) is 4.39 Å². The fourth-order valence-corrected chi connectivity index (χ4v) is 2.50. The molecular weight excluding hydrogens is 386 g/mol. The molecule has 0 amide bonds. The molecule has 108 valence electrons. The number of aromatic amines is 1. The van der Waals surface area contributed by atoms with Crippen LogP contribution in [0.25, 0.3) is 11.0 Å². The highest BCUT2D eigenvalue weighted by atomic mass is 127. The van der Waals surface area contributed by atoms with Crippen LogP contribution in [0.2, 0.25) is 0 Å². The van der Waals surface area contributed by atoms with E-state index in [1.807, 2.05) is 6.92 Å². The van der Waals surface area contributed by atoms with Crippen LogP contribution in [-0.4, -0.2) is 26.7 Å². The number of nitrogens with one attached hydrogen (secondary N) is 3. The van der Waals surface area contributed by atoms with E-state index < -0.39 is 0 Å². The molecule has 0 radical (unpaired) electrons. The quantitative estimate of drug-likeness (QED) is 0.588. The molecule has 0 saturated carbocycles. The van der Waals surface area contributed by atoms with Crippen molar-refractivity contribution in [2.75, 3.05) is 17.2 Å². The predicted molar refractivity (Wildman–Crippen MR) is 88.2 cm³/mol. The minimum atomic E-state index is -0.269. The first-order valence-corrected chi connectivity index (χ1v) is 7.42. The molecule has 0 spiro atoms. The van der Waals surface area contributed by atoms with Gasteiger partial charge in [0.05, 0.1) is 17.3 Å². The zero-order chi connectivity index (χ0) is 14.8. The lowest BCUT2D eigenvalue weighted by atomic mass is 10.3. The maximum Gasteiger partial charge on any atom is 0.226 e. The molecule has 21 heavy (non-hydrogen) atoms. The van der Waals surface area contributed by atoms with Crippen LogP contribution in [0, 0.1) is 9.39 Å². The maximum atomic E-state index is 13.2. The molecule has 3 N–H and O–H groups in total. The van der Waals surface area contributed by atoms with Crippen molar-refractivity contribution in [2.45, 2.75) is 6.92 Å². The van der Waals surface area contributed by atoms with Gasteiger partial charge in [-0.2, -0.15) is 15.1 Å². The van der Waals surface area contributed by atoms with E-state index in [4.69, 9.17) is 0 Å². The van der Waals surface area contributed by atoms with Gasteiger partial charge in [0.25, 0.3) is 0 Å². The summed E-state index contributed by atoms with van der Waals surface area (Å²) in [5.41, 5.74) is 1.42. The summed E-state index contributed by atoms with van der Waals surface area (Å²) in [6.07, 6.45) is 1.66. The molecule has 0 aliphatic heterocycles. The van der Waals surface area contributed by atoms with Crippen molar-refractivity contribution < 1.29 is 4.39 Å². The molecule has 0 bridgehead atoms. The molecule has 3 rings (SSSR count). The molecule has 1 aromatic carbocycles. The molecule has 8 heteroatoms. The SMILES string of the molecule is CCNc1nc(Nc2ccc(F)cc2I)c2cn[nH]c2n1. The van der Waals surface area contributed by atoms with Crippen LogP contribution in [0.1, 0.15) is 6.92 Å². The third-order valence-corrected chi connectivity index (χ3v) is 3.72. The minimum Gasteiger partial charge on any atom is -0.354 e. The van der Waals surface area contributed by atoms with E-state index in [0.717, 1.165) is 14.6 Å². The molecule has 0 atom stereocenters. The lowest BCUT2D eigenvalue weighted by molar-refractivity contribution is 0.627. The molecule has 0 aliphatic carbocycles. The van der Waals surface area contributed by atoms with Gasteiger partial charge in [-0.3, -0.25) is 5.10 Å². The van der Waals surface area contributed by atoms with Gasteiger partial charge in [0.1, 0.15) is 11.6 Å². The van der Waals surface area contributed by atoms with Crippen LogP contribution in [0.5, 0.6) is 0 Å². The third kappa shape index (κ3) is 2.89. The Balaban J connectivity index is 2.04. The number of aromatic nitrogens is 4. The highest BCUT2D eigenvalue weighted by molar-refractivity contribution is 14.1. The Bertz CT molecular complexity index is 787. The highest BCUT2D eigenvalue weighted by Crippen LogP contribution is 2.27. The molecule has 0 aliphatic rings. The van der Waals surface area contributed by atoms with Crippen LogP contribution in [0.15, 0.2) is 24.4 Å². The van der Waals surface area contributed by atoms with Crippen LogP contribution in [0.3, 0.4) is 0 Å². The average Bonchev–Trinajstić information content (AvgIpc) is 2.91. The Morgan fingerprint density at radius 1 is 1.33 bits per heavy atom. The molecule has 0 saturated heterocycles. The average molecular weight is 398 g/mol. The minimum absolute atomic E-state index is 0.269. The zero-order valence-corrected chi connectivity index (χ0v) is 13.3. The molecule has 2 heterocycles. The molecule has 2 aromatic heterocycles. The van der Waals surface area contributed by atoms with Crippen LogP contribution in [-0.2, 0) is 0 Å². The maximum absolute atomic E-state index is 13.2. The molecule has 0 fully saturated rings. The van der Waals surface area contributed by atoms with E-state index in [1.54, 1.807) is 12.3 Å². The van der Waals surface area contributed by atoms with Gasteiger partial charge in [0.15, 0.2) is 5.65 Å². The Hall–Kier alpha value is -1.97. The van der Waals surface area contributed by atoms with E-state index in [9.17, 15) is 4.39 Å². The third-order valence-electron chi connectivity index (χ3n) is 2.83. The molecular formula is C13H12FIN6. The number of hydrogen-bond acceptors (Lipinski definition) is 5. The Morgan fingerprint density at radius 3 is 2.95 bits per heavy atom. The number of hydrogen-bond donors (Lipinski definition) is 3. The lowest BCUT2D eigenvalue weighted by Crippen LogP contribution is -2.05. The number of anilines is 3. The summed E-state index contributed by atoms with van der Waals surface area (Å²) in [5, 5.41) is 13.9. The number of fused-ring (bicyclic) bond motifs is 1. The predicted octanol–water partition coefficient (Wildman–Crippen LogP) is 3.27. The number of H-pyrrole nitrogens is 1. The van der Waals surface area contributed by atoms with Crippen molar-refractivity contribution in [3.8, 4) is 0 Å². The first-order valence-electron chi connectivity index (χ1n) is 6.34. The first-order chi connectivity index (χ1) is 10.2. The van der Waals surface area contributed by atoms with Gasteiger partial charge in [-0.15, -0.1) is 0 Å². The summed E-state index contributed by atoms with van der Waals surface area (Å²) in [4.78, 5) is 8.75. The summed E-state index contributed by atoms with van der Waals surface area (Å²) >= 11 is 2.08. The molecule has 0 unspecified atom stereocenters. The lowest BCUT2D eigenvalue weighted by Gasteiger charge is -2.10. The smallest absolute Gasteiger partial charge is 0.226 e. The van der Waals surface area contributed by atoms with Gasteiger partial charge >= 0.3 is 0 Å². The summed E-state index contributed by atoms with van der Waals surface area (Å²) < 4.78 is 13.9. The first kappa shape index (κ1) is 14.0. The zero-order valence-electron chi connectivity index (χ0n) is 11.1. The summed E-state index contributed by atoms with van der Waals surface area (Å²) in [5.74, 6) is 0.859. The second-order valence-electron chi connectivity index (χ2n) is 4.31. The van der Waals surface area contributed by atoms with Crippen molar-refractivity contribution in [2.24, 2.45) is 0 Å². The Morgan fingerprint density at radius 2 is 2.19 bits per heavy atom. The topological polar surface area (TPSA) is 78.5 Å². The standard InChI is InChI=1S/C13H12FIN6/c1-2-16-13-19-11(8-6-17-21-12(8)20-13)18-10-4-3-7(14)5-9(10)15/h3-6H,2H2,1H3,(H3,16,17,18,19,20,21). The summed E-state index contributed by atoms with van der Waals surface area (Å²) in [7, 11) is 0. The number of nitrogens with zero attached hydrogens (tertiary/aromatic N) is 3. The van der Waals surface area contributed by atoms with Crippen LogP contribution >= 0.6 is 22.6 Å². The van der Waals surface area contributed by atoms with E-state index in [-0.39, 0.29) is 5.82 Å². The second-order valence-corrected chi connectivity index (χ2v) is 5.47. The highest BCUT2D eigenvalue weighted by Gasteiger charge is 2.11. The fraction of sp³-hybridized carbons (Fsp3) is 0.154. The van der Waals surface area contributed by atoms with E-state index in [1.165, 1.54) is 12.1 Å². The second kappa shape index (κ2) is 5.80. The molecule has 6 nitrogen and oxygen atoms in total. The van der Waals surface area contributed by atoms with E-state index >= 15 is 0 Å². The van der Waals surface area contributed by atoms with Crippen molar-refractivity contribution in [3.05, 3.63) is 33.8 Å². The van der Waals surface area contributed by atoms with Gasteiger partial charge in [0, 0.05) is 10.1 Å². The van der Waals surface area contributed by atoms with Crippen molar-refractivity contribution in [1.29, 1.82) is 0 Å². The monoisotopic (exact) mass is 398 g/mol. The molecule has 3 aromatic rings. The number of benzene rings is 1. The fourth-order valence-electron chi connectivity index (χ4n) is 1.89. The number of rotatable bonds is 4. The van der Waals surface area contributed by atoms with Gasteiger partial charge in [-0.05, 0) is 47.7 Å². The normalized spacial score (nSPS) is 10.8. The van der Waals surface area contributed by atoms with Crippen LogP contribution < -0.4 is 10.6 Å². The summed E-state index contributed by atoms with van der Waals surface area (Å²) in [6.45, 7) is 2.68. The largest absolute Gasteiger partial charge is 0.354 e. The van der Waals surface area contributed by atoms with E-state index in [2.05, 4.69) is 53.4 Å².